The van der Waals surface area contributed by atoms with Gasteiger partial charge < -0.3 is 15.1 Å². The molecule has 2 heterocycles. The summed E-state index contributed by atoms with van der Waals surface area (Å²) in [4.78, 5) is 29.8. The minimum Gasteiger partial charge on any atom is -0.507 e. The second kappa shape index (κ2) is 9.17. The largest absolute Gasteiger partial charge is 0.507 e. The molecule has 3 rings (SSSR count). The zero-order valence-electron chi connectivity index (χ0n) is 15.6. The van der Waals surface area contributed by atoms with E-state index >= 15 is 0 Å². The third-order valence-electron chi connectivity index (χ3n) is 5.07. The Balaban J connectivity index is 1.80. The van der Waals surface area contributed by atoms with Gasteiger partial charge in [-0.1, -0.05) is 30.4 Å². The van der Waals surface area contributed by atoms with Crippen LogP contribution in [0.1, 0.15) is 47.6 Å². The molecule has 146 valence electrons. The van der Waals surface area contributed by atoms with Crippen molar-refractivity contribution in [1.82, 2.24) is 9.88 Å². The molecule has 0 spiro atoms. The van der Waals surface area contributed by atoms with Gasteiger partial charge in [-0.25, -0.2) is 0 Å². The molecule has 1 aliphatic rings. The van der Waals surface area contributed by atoms with E-state index in [1.165, 1.54) is 6.07 Å². The Morgan fingerprint density at radius 3 is 2.71 bits per heavy atom. The van der Waals surface area contributed by atoms with E-state index in [0.717, 1.165) is 18.4 Å². The minimum atomic E-state index is -0.807. The van der Waals surface area contributed by atoms with E-state index < -0.39 is 5.97 Å². The fourth-order valence-electron chi connectivity index (χ4n) is 3.74. The topological polar surface area (TPSA) is 90.7 Å². The van der Waals surface area contributed by atoms with Gasteiger partial charge in [0.15, 0.2) is 0 Å². The molecule has 0 radical (unpaired) electrons. The Labute approximate surface area is 164 Å². The van der Waals surface area contributed by atoms with Crippen molar-refractivity contribution in [1.29, 1.82) is 0 Å². The molecule has 1 aromatic heterocycles. The van der Waals surface area contributed by atoms with E-state index in [1.807, 2.05) is 29.2 Å². The van der Waals surface area contributed by atoms with Crippen LogP contribution in [-0.2, 0) is 4.79 Å². The molecule has 28 heavy (non-hydrogen) atoms. The molecule has 6 heteroatoms. The summed E-state index contributed by atoms with van der Waals surface area (Å²) in [5, 5.41) is 18.8. The van der Waals surface area contributed by atoms with Crippen LogP contribution in [-0.4, -0.2) is 38.5 Å². The third kappa shape index (κ3) is 4.57. The average molecular weight is 380 g/mol. The van der Waals surface area contributed by atoms with Gasteiger partial charge >= 0.3 is 5.97 Å². The van der Waals surface area contributed by atoms with Crippen molar-refractivity contribution in [2.75, 3.05) is 6.54 Å². The van der Waals surface area contributed by atoms with Crippen molar-refractivity contribution >= 4 is 11.9 Å². The fourth-order valence-corrected chi connectivity index (χ4v) is 3.74. The summed E-state index contributed by atoms with van der Waals surface area (Å²) in [5.41, 5.74) is 1.27. The van der Waals surface area contributed by atoms with E-state index in [4.69, 9.17) is 5.11 Å². The Bertz CT molecular complexity index is 851. The zero-order valence-corrected chi connectivity index (χ0v) is 15.6. The second-order valence-electron chi connectivity index (χ2n) is 6.94. The molecule has 1 saturated heterocycles. The Morgan fingerprint density at radius 2 is 2.00 bits per heavy atom. The van der Waals surface area contributed by atoms with Crippen molar-refractivity contribution in [3.8, 4) is 5.75 Å². The van der Waals surface area contributed by atoms with E-state index in [2.05, 4.69) is 4.98 Å². The normalized spacial score (nSPS) is 19.2. The van der Waals surface area contributed by atoms with Crippen LogP contribution in [0.25, 0.3) is 0 Å². The summed E-state index contributed by atoms with van der Waals surface area (Å²) in [6.45, 7) is 0.598. The maximum absolute atomic E-state index is 13.1. The molecular weight excluding hydrogens is 356 g/mol. The first-order valence-corrected chi connectivity index (χ1v) is 9.43. The summed E-state index contributed by atoms with van der Waals surface area (Å²) in [6, 6.07) is 10.3. The van der Waals surface area contributed by atoms with Crippen molar-refractivity contribution in [2.45, 2.75) is 31.7 Å². The predicted octanol–water partition coefficient (Wildman–Crippen LogP) is 3.80. The quantitative estimate of drug-likeness (QED) is 0.713. The lowest BCUT2D eigenvalue weighted by Gasteiger charge is -2.28. The summed E-state index contributed by atoms with van der Waals surface area (Å²) in [6.07, 6.45) is 9.58. The van der Waals surface area contributed by atoms with Crippen LogP contribution < -0.4 is 0 Å². The molecule has 2 atom stereocenters. The highest BCUT2D eigenvalue weighted by Crippen LogP contribution is 2.40. The summed E-state index contributed by atoms with van der Waals surface area (Å²) in [5.74, 6) is -0.808. The lowest BCUT2D eigenvalue weighted by atomic mass is 9.91. The van der Waals surface area contributed by atoms with Gasteiger partial charge in [0.1, 0.15) is 5.75 Å². The van der Waals surface area contributed by atoms with Gasteiger partial charge in [-0.2, -0.15) is 0 Å². The predicted molar refractivity (Wildman–Crippen MR) is 105 cm³/mol. The number of aromatic hydroxyl groups is 1. The van der Waals surface area contributed by atoms with Gasteiger partial charge in [0.25, 0.3) is 5.91 Å². The highest BCUT2D eigenvalue weighted by Gasteiger charge is 2.38. The molecule has 1 fully saturated rings. The van der Waals surface area contributed by atoms with Crippen LogP contribution in [0.15, 0.2) is 60.9 Å². The van der Waals surface area contributed by atoms with Crippen molar-refractivity contribution in [3.63, 3.8) is 0 Å². The number of carboxylic acids is 1. The lowest BCUT2D eigenvalue weighted by Crippen LogP contribution is -2.32. The summed E-state index contributed by atoms with van der Waals surface area (Å²) >= 11 is 0. The number of rotatable bonds is 7. The number of para-hydroxylation sites is 1. The van der Waals surface area contributed by atoms with Gasteiger partial charge in [-0.15, -0.1) is 0 Å². The number of carbonyl (C=O) groups excluding carboxylic acids is 1. The number of phenols is 1. The molecule has 1 aliphatic heterocycles. The van der Waals surface area contributed by atoms with E-state index in [1.54, 1.807) is 30.6 Å². The molecule has 0 aliphatic carbocycles. The van der Waals surface area contributed by atoms with Crippen LogP contribution in [0, 0.1) is 5.92 Å². The van der Waals surface area contributed by atoms with E-state index in [9.17, 15) is 14.7 Å². The van der Waals surface area contributed by atoms with Gasteiger partial charge in [-0.3, -0.25) is 14.6 Å². The monoisotopic (exact) mass is 380 g/mol. The molecule has 2 aromatic rings. The van der Waals surface area contributed by atoms with Crippen molar-refractivity contribution < 1.29 is 19.8 Å². The molecular formula is C22H24N2O4. The molecule has 0 bridgehead atoms. The standard InChI is InChI=1S/C22H24N2O4/c25-19-10-5-4-9-18(19)22(28)24-14-12-16(7-2-1-3-11-20(26)27)21(24)17-8-6-13-23-15-17/h1-2,4-6,8-10,13,15-16,21,25H,3,7,11-12,14H2,(H,26,27)/b2-1-. The molecule has 6 nitrogen and oxygen atoms in total. The van der Waals surface area contributed by atoms with E-state index in [-0.39, 0.29) is 30.0 Å². The first-order chi connectivity index (χ1) is 13.6. The number of hydrogen-bond donors (Lipinski definition) is 2. The van der Waals surface area contributed by atoms with Gasteiger partial charge in [0.05, 0.1) is 11.6 Å². The number of nitrogens with zero attached hydrogens (tertiary/aromatic N) is 2. The van der Waals surface area contributed by atoms with Crippen molar-refractivity contribution in [2.24, 2.45) is 5.92 Å². The Morgan fingerprint density at radius 1 is 1.18 bits per heavy atom. The smallest absolute Gasteiger partial charge is 0.303 e. The van der Waals surface area contributed by atoms with Crippen LogP contribution in [0.5, 0.6) is 5.75 Å². The number of carboxylic acid groups (broad SMARTS) is 1. The molecule has 2 unspecified atom stereocenters. The maximum Gasteiger partial charge on any atom is 0.303 e. The number of carbonyl (C=O) groups is 2. The highest BCUT2D eigenvalue weighted by molar-refractivity contribution is 5.97. The Kier molecular flexibility index (Phi) is 6.42. The minimum absolute atomic E-state index is 0.0190. The highest BCUT2D eigenvalue weighted by atomic mass is 16.4. The lowest BCUT2D eigenvalue weighted by molar-refractivity contribution is -0.136. The van der Waals surface area contributed by atoms with Gasteiger partial charge in [0.2, 0.25) is 0 Å². The number of hydrogen-bond acceptors (Lipinski definition) is 4. The number of amides is 1. The Hall–Kier alpha value is -3.15. The number of phenolic OH excluding ortho intramolecular Hbond substituents is 1. The van der Waals surface area contributed by atoms with Gasteiger partial charge in [-0.05, 0) is 48.9 Å². The summed E-state index contributed by atoms with van der Waals surface area (Å²) in [7, 11) is 0. The van der Waals surface area contributed by atoms with Crippen LogP contribution in [0.4, 0.5) is 0 Å². The van der Waals surface area contributed by atoms with Crippen LogP contribution >= 0.6 is 0 Å². The number of allylic oxidation sites excluding steroid dienone is 2. The summed E-state index contributed by atoms with van der Waals surface area (Å²) < 4.78 is 0. The first-order valence-electron chi connectivity index (χ1n) is 9.43. The third-order valence-corrected chi connectivity index (χ3v) is 5.07. The zero-order chi connectivity index (χ0) is 19.9. The number of aliphatic carboxylic acids is 1. The maximum atomic E-state index is 13.1. The molecule has 0 saturated carbocycles. The SMILES string of the molecule is O=C(O)CC/C=C\CC1CCN(C(=O)c2ccccc2O)C1c1cccnc1. The van der Waals surface area contributed by atoms with Crippen LogP contribution in [0.2, 0.25) is 0 Å². The molecule has 2 N–H and O–H groups in total. The molecule has 1 aromatic carbocycles. The number of benzene rings is 1. The number of aromatic nitrogens is 1. The van der Waals surface area contributed by atoms with E-state index in [0.29, 0.717) is 18.5 Å². The van der Waals surface area contributed by atoms with Crippen molar-refractivity contribution in [3.05, 3.63) is 72.1 Å². The number of pyridine rings is 1. The molecule has 1 amide bonds. The van der Waals surface area contributed by atoms with Gasteiger partial charge in [0, 0.05) is 25.4 Å². The average Bonchev–Trinajstić information content (AvgIpc) is 3.12. The first kappa shape index (κ1) is 19.6. The second-order valence-corrected chi connectivity index (χ2v) is 6.94. The number of likely N-dealkylation sites (tertiary alicyclic amines) is 1. The van der Waals surface area contributed by atoms with Crippen LogP contribution in [0.3, 0.4) is 0 Å². The fraction of sp³-hybridized carbons (Fsp3) is 0.318.